The predicted molar refractivity (Wildman–Crippen MR) is 58.0 cm³/mol. The summed E-state index contributed by atoms with van der Waals surface area (Å²) in [5.74, 6) is -2.81. The molecule has 0 spiro atoms. The van der Waals surface area contributed by atoms with Crippen LogP contribution in [0.25, 0.3) is 0 Å². The molecular weight excluding hydrogens is 290 g/mol. The van der Waals surface area contributed by atoms with E-state index in [9.17, 15) is 29.0 Å². The van der Waals surface area contributed by atoms with Gasteiger partial charge in [-0.2, -0.15) is 0 Å². The van der Waals surface area contributed by atoms with Gasteiger partial charge in [-0.3, -0.25) is 0 Å². The molecule has 0 aliphatic carbocycles. The summed E-state index contributed by atoms with van der Waals surface area (Å²) in [5.41, 5.74) is 0. The minimum absolute atomic E-state index is 0. The van der Waals surface area contributed by atoms with Crippen LogP contribution in [0.3, 0.4) is 0 Å². The van der Waals surface area contributed by atoms with Gasteiger partial charge in [-0.25, -0.2) is 4.39 Å². The third kappa shape index (κ3) is 5.00. The third-order valence-electron chi connectivity index (χ3n) is 2.46. The summed E-state index contributed by atoms with van der Waals surface area (Å²) in [6.45, 7) is 0. The molecule has 19 heavy (non-hydrogen) atoms. The second-order valence-electron chi connectivity index (χ2n) is 3.75. The van der Waals surface area contributed by atoms with Gasteiger partial charge in [-0.1, -0.05) is 0 Å². The number of quaternary nitrogens is 2. The van der Waals surface area contributed by atoms with Gasteiger partial charge in [-0.05, 0) is 7.60 Å². The van der Waals surface area contributed by atoms with E-state index in [1.165, 1.54) is 0 Å². The van der Waals surface area contributed by atoms with Crippen molar-refractivity contribution < 1.29 is 43.9 Å². The highest BCUT2D eigenvalue weighted by molar-refractivity contribution is 7.49. The van der Waals surface area contributed by atoms with E-state index in [-0.39, 0.29) is 12.3 Å². The third-order valence-corrected chi connectivity index (χ3v) is 3.35. The summed E-state index contributed by atoms with van der Waals surface area (Å²) in [5, 5.41) is 36.7. The number of hydrogen-bond acceptors (Lipinski definition) is 8. The second kappa shape index (κ2) is 7.55. The molecule has 0 radical (unpaired) electrons. The maximum absolute atomic E-state index is 12.9. The Morgan fingerprint density at radius 1 is 1.11 bits per heavy atom. The molecular formula is C7H20FN2O8P. The van der Waals surface area contributed by atoms with Gasteiger partial charge in [0.1, 0.15) is 24.2 Å². The molecule has 1 rings (SSSR count). The molecule has 0 aromatic carbocycles. The minimum atomic E-state index is -5.49. The molecule has 1 heterocycles. The van der Waals surface area contributed by atoms with E-state index < -0.39 is 50.6 Å². The first-order valence-corrected chi connectivity index (χ1v) is 6.29. The molecule has 0 aromatic heterocycles. The van der Waals surface area contributed by atoms with Gasteiger partial charge >= 0.3 is 0 Å². The molecule has 1 fully saturated rings. The molecule has 1 saturated heterocycles. The highest BCUT2D eigenvalue weighted by Crippen LogP contribution is 2.37. The van der Waals surface area contributed by atoms with E-state index in [1.54, 1.807) is 0 Å². The van der Waals surface area contributed by atoms with Crippen LogP contribution in [0.4, 0.5) is 4.39 Å². The lowest BCUT2D eigenvalue weighted by atomic mass is 9.97. The average Bonchev–Trinajstić information content (AvgIpc) is 2.21. The molecule has 1 aliphatic heterocycles. The topological polar surface area (TPSA) is 226 Å². The Kier molecular flexibility index (Phi) is 8.38. The molecule has 1 unspecified atom stereocenters. The normalized spacial score (nSPS) is 36.9. The van der Waals surface area contributed by atoms with Gasteiger partial charge in [0.2, 0.25) is 0 Å². The van der Waals surface area contributed by atoms with Gasteiger partial charge in [0, 0.05) is 6.42 Å². The number of aliphatic hydroxyl groups is 4. The van der Waals surface area contributed by atoms with Crippen LogP contribution in [0.15, 0.2) is 0 Å². The van der Waals surface area contributed by atoms with Crippen molar-refractivity contribution in [2.24, 2.45) is 0 Å². The standard InChI is InChI=1S/C7H14FO8P.2H3N/c8-3(17(13,14)15)1-2-4(9)5(10)6(11)7(12)16-2;;/h2-7,9-12H,1H2,(H2,13,14,15);2*1H3/t2-,3+,4-,5+,6-,7?;;/m1../s1. The van der Waals surface area contributed by atoms with Crippen molar-refractivity contribution in [3.63, 3.8) is 0 Å². The summed E-state index contributed by atoms with van der Waals surface area (Å²) in [4.78, 5) is 20.6. The molecule has 6 atom stereocenters. The van der Waals surface area contributed by atoms with Crippen LogP contribution in [-0.4, -0.2) is 57.0 Å². The molecule has 0 saturated carbocycles. The first-order chi connectivity index (χ1) is 7.64. The van der Waals surface area contributed by atoms with Gasteiger partial charge in [0.05, 0.1) is 6.10 Å². The van der Waals surface area contributed by atoms with E-state index in [0.29, 0.717) is 0 Å². The van der Waals surface area contributed by atoms with E-state index in [1.807, 2.05) is 0 Å². The maximum atomic E-state index is 12.9. The van der Waals surface area contributed by atoms with Crippen LogP contribution < -0.4 is 22.1 Å². The fourth-order valence-electron chi connectivity index (χ4n) is 1.45. The van der Waals surface area contributed by atoms with E-state index in [2.05, 4.69) is 4.74 Å². The lowest BCUT2D eigenvalue weighted by molar-refractivity contribution is -0.323. The Morgan fingerprint density at radius 2 is 1.58 bits per heavy atom. The van der Waals surface area contributed by atoms with Gasteiger partial charge in [0.15, 0.2) is 6.29 Å². The Morgan fingerprint density at radius 3 is 2.00 bits per heavy atom. The lowest BCUT2D eigenvalue weighted by Crippen LogP contribution is -2.58. The summed E-state index contributed by atoms with van der Waals surface area (Å²) in [7, 11) is -5.49. The number of ether oxygens (including phenoxy) is 1. The van der Waals surface area contributed by atoms with Crippen molar-refractivity contribution in [1.29, 1.82) is 0 Å². The van der Waals surface area contributed by atoms with Gasteiger partial charge < -0.3 is 51.8 Å². The van der Waals surface area contributed by atoms with Crippen LogP contribution in [0.5, 0.6) is 0 Å². The van der Waals surface area contributed by atoms with Crippen molar-refractivity contribution in [3.8, 4) is 0 Å². The second-order valence-corrected chi connectivity index (χ2v) is 5.39. The van der Waals surface area contributed by atoms with E-state index >= 15 is 0 Å². The Hall–Kier alpha value is -0.200. The molecule has 0 bridgehead atoms. The molecule has 118 valence electrons. The number of hydrogen-bond donors (Lipinski definition) is 6. The lowest BCUT2D eigenvalue weighted by Gasteiger charge is -2.41. The summed E-state index contributed by atoms with van der Waals surface area (Å²) in [6, 6.07) is 0. The molecule has 12 N–H and O–H groups in total. The average molecular weight is 310 g/mol. The highest BCUT2D eigenvalue weighted by Gasteiger charge is 2.43. The Labute approximate surface area is 108 Å². The Balaban J connectivity index is 0. The molecule has 1 aliphatic rings. The summed E-state index contributed by atoms with van der Waals surface area (Å²) >= 11 is 0. The van der Waals surface area contributed by atoms with Crippen molar-refractivity contribution in [2.45, 2.75) is 43.0 Å². The SMILES string of the molecule is O=P([O-])([O-])[C@H](F)C[C@H]1OC(O)[C@H](O)[C@@H](O)[C@@H]1O.[NH4+].[NH4+]. The fraction of sp³-hybridized carbons (Fsp3) is 1.00. The van der Waals surface area contributed by atoms with Crippen molar-refractivity contribution >= 4 is 7.60 Å². The van der Waals surface area contributed by atoms with Crippen molar-refractivity contribution in [1.82, 2.24) is 12.3 Å². The maximum Gasteiger partial charge on any atom is 0.183 e. The number of rotatable bonds is 3. The zero-order valence-electron chi connectivity index (χ0n) is 10.4. The highest BCUT2D eigenvalue weighted by atomic mass is 31.2. The number of alkyl halides is 1. The van der Waals surface area contributed by atoms with Crippen LogP contribution in [0, 0.1) is 0 Å². The number of halogens is 1. The fourth-order valence-corrected chi connectivity index (χ4v) is 1.91. The van der Waals surface area contributed by atoms with Gasteiger partial charge in [-0.15, -0.1) is 0 Å². The van der Waals surface area contributed by atoms with Crippen LogP contribution in [0.2, 0.25) is 0 Å². The summed E-state index contributed by atoms with van der Waals surface area (Å²) < 4.78 is 27.7. The van der Waals surface area contributed by atoms with E-state index in [4.69, 9.17) is 10.2 Å². The predicted octanol–water partition coefficient (Wildman–Crippen LogP) is -2.86. The molecule has 0 amide bonds. The van der Waals surface area contributed by atoms with Crippen LogP contribution in [0.1, 0.15) is 6.42 Å². The van der Waals surface area contributed by atoms with E-state index in [0.717, 1.165) is 0 Å². The van der Waals surface area contributed by atoms with Crippen LogP contribution >= 0.6 is 7.60 Å². The monoisotopic (exact) mass is 310 g/mol. The minimum Gasteiger partial charge on any atom is -0.809 e. The smallest absolute Gasteiger partial charge is 0.183 e. The van der Waals surface area contributed by atoms with Crippen LogP contribution in [-0.2, 0) is 9.30 Å². The number of aliphatic hydroxyl groups excluding tert-OH is 4. The molecule has 12 heteroatoms. The molecule has 0 aromatic rings. The van der Waals surface area contributed by atoms with Gasteiger partial charge in [0.25, 0.3) is 0 Å². The zero-order chi connectivity index (χ0) is 13.4. The first-order valence-electron chi connectivity index (χ1n) is 4.68. The Bertz CT molecular complexity index is 317. The summed E-state index contributed by atoms with van der Waals surface area (Å²) in [6.07, 6.45) is -9.97. The van der Waals surface area contributed by atoms with Crippen molar-refractivity contribution in [3.05, 3.63) is 0 Å². The molecule has 10 nitrogen and oxygen atoms in total. The van der Waals surface area contributed by atoms with Crippen molar-refractivity contribution in [2.75, 3.05) is 0 Å². The largest absolute Gasteiger partial charge is 0.809 e. The quantitative estimate of drug-likeness (QED) is 0.296. The first kappa shape index (κ1) is 21.1. The zero-order valence-corrected chi connectivity index (χ0v) is 11.3.